The van der Waals surface area contributed by atoms with E-state index in [0.717, 1.165) is 11.4 Å². The molecule has 154 valence electrons. The summed E-state index contributed by atoms with van der Waals surface area (Å²) in [7, 11) is -4.03. The van der Waals surface area contributed by atoms with Gasteiger partial charge in [-0.25, -0.2) is 20.1 Å². The number of aliphatic hydroxyl groups excluding tert-OH is 1. The third-order valence-corrected chi connectivity index (χ3v) is 5.46. The molecule has 5 N–H and O–H groups in total. The van der Waals surface area contributed by atoms with Crippen molar-refractivity contribution >= 4 is 27.3 Å². The maximum absolute atomic E-state index is 11.0. The highest BCUT2D eigenvalue weighted by Gasteiger charge is 2.34. The largest absolute Gasteiger partial charge is 0.393 e. The Morgan fingerprint density at radius 3 is 2.79 bits per heavy atom. The molecule has 3 aromatic rings. The van der Waals surface area contributed by atoms with Crippen LogP contribution in [0.2, 0.25) is 0 Å². The fourth-order valence-electron chi connectivity index (χ4n) is 3.63. The molecule has 1 aromatic carbocycles. The first-order valence-electron chi connectivity index (χ1n) is 9.22. The van der Waals surface area contributed by atoms with Crippen molar-refractivity contribution in [2.24, 2.45) is 11.1 Å². The van der Waals surface area contributed by atoms with E-state index in [1.54, 1.807) is 0 Å². The van der Waals surface area contributed by atoms with E-state index in [4.69, 9.17) is 5.14 Å². The van der Waals surface area contributed by atoms with Crippen molar-refractivity contribution in [1.29, 1.82) is 0 Å². The van der Waals surface area contributed by atoms with Crippen molar-refractivity contribution in [1.82, 2.24) is 19.9 Å². The highest BCUT2D eigenvalue weighted by molar-refractivity contribution is 7.84. The van der Waals surface area contributed by atoms with E-state index in [1.807, 2.05) is 30.3 Å². The molecular formula is C18H22N6O4S. The third kappa shape index (κ3) is 4.88. The Bertz CT molecular complexity index is 1090. The van der Waals surface area contributed by atoms with Gasteiger partial charge in [-0.2, -0.15) is 8.42 Å². The van der Waals surface area contributed by atoms with Crippen LogP contribution in [-0.2, 0) is 20.9 Å². The van der Waals surface area contributed by atoms with Crippen molar-refractivity contribution in [2.75, 3.05) is 11.9 Å². The number of anilines is 1. The van der Waals surface area contributed by atoms with Gasteiger partial charge in [0.15, 0.2) is 17.0 Å². The van der Waals surface area contributed by atoms with Crippen molar-refractivity contribution < 1.29 is 17.7 Å². The van der Waals surface area contributed by atoms with E-state index in [9.17, 15) is 13.5 Å². The van der Waals surface area contributed by atoms with Crippen molar-refractivity contribution in [3.8, 4) is 0 Å². The zero-order valence-electron chi connectivity index (χ0n) is 15.5. The molecule has 1 aliphatic rings. The van der Waals surface area contributed by atoms with Crippen LogP contribution in [0, 0.1) is 5.92 Å². The van der Waals surface area contributed by atoms with Gasteiger partial charge < -0.3 is 15.4 Å². The monoisotopic (exact) mass is 418 g/mol. The zero-order valence-corrected chi connectivity index (χ0v) is 16.3. The minimum atomic E-state index is -4.03. The SMILES string of the molecule is NS(=O)(=O)OC[C@@H]1C[C@@H](Nc2ncnc3[nH]c(Cc4ccccc4)nc23)C[C@@H]1O. The summed E-state index contributed by atoms with van der Waals surface area (Å²) in [5, 5.41) is 18.4. The molecule has 4 rings (SSSR count). The van der Waals surface area contributed by atoms with Crippen LogP contribution in [0.5, 0.6) is 0 Å². The van der Waals surface area contributed by atoms with E-state index in [-0.39, 0.29) is 18.6 Å². The lowest BCUT2D eigenvalue weighted by molar-refractivity contribution is 0.101. The topological polar surface area (TPSA) is 156 Å². The summed E-state index contributed by atoms with van der Waals surface area (Å²) in [6, 6.07) is 9.88. The summed E-state index contributed by atoms with van der Waals surface area (Å²) in [6.07, 6.45) is 2.35. The zero-order chi connectivity index (χ0) is 20.4. The molecule has 2 heterocycles. The predicted molar refractivity (Wildman–Crippen MR) is 106 cm³/mol. The molecule has 0 amide bonds. The molecule has 1 fully saturated rings. The number of H-pyrrole nitrogens is 1. The van der Waals surface area contributed by atoms with E-state index < -0.39 is 16.4 Å². The molecular weight excluding hydrogens is 396 g/mol. The molecule has 0 spiro atoms. The number of aromatic nitrogens is 4. The van der Waals surface area contributed by atoms with Gasteiger partial charge in [-0.1, -0.05) is 30.3 Å². The molecule has 0 aliphatic heterocycles. The van der Waals surface area contributed by atoms with E-state index in [0.29, 0.717) is 36.2 Å². The molecule has 10 nitrogen and oxygen atoms in total. The second-order valence-corrected chi connectivity index (χ2v) is 8.40. The number of hydrogen-bond acceptors (Lipinski definition) is 8. The second kappa shape index (κ2) is 8.03. The lowest BCUT2D eigenvalue weighted by Gasteiger charge is -2.13. The summed E-state index contributed by atoms with van der Waals surface area (Å²) in [6.45, 7) is -0.152. The number of nitrogens with two attached hydrogens (primary N) is 1. The van der Waals surface area contributed by atoms with Gasteiger partial charge in [0.25, 0.3) is 0 Å². The van der Waals surface area contributed by atoms with Gasteiger partial charge in [0.05, 0.1) is 12.7 Å². The maximum Gasteiger partial charge on any atom is 0.333 e. The van der Waals surface area contributed by atoms with Gasteiger partial charge in [-0.05, 0) is 18.4 Å². The first kappa shape index (κ1) is 19.7. The normalized spacial score (nSPS) is 22.2. The lowest BCUT2D eigenvalue weighted by atomic mass is 10.1. The van der Waals surface area contributed by atoms with Crippen LogP contribution >= 0.6 is 0 Å². The molecule has 1 saturated carbocycles. The number of imidazole rings is 1. The van der Waals surface area contributed by atoms with Crippen LogP contribution in [0.3, 0.4) is 0 Å². The first-order valence-corrected chi connectivity index (χ1v) is 10.7. The van der Waals surface area contributed by atoms with Gasteiger partial charge in [-0.15, -0.1) is 0 Å². The smallest absolute Gasteiger partial charge is 0.333 e. The standard InChI is InChI=1S/C18H22N6O4S/c19-29(26,27)28-9-12-7-13(8-14(12)25)22-17-16-18(21-10-20-17)24-15(23-16)6-11-4-2-1-3-5-11/h1-5,10,12-14,25H,6-9H2,(H2,19,26,27)(H2,20,21,22,23,24)/t12-,13+,14-/m0/s1. The molecule has 2 aromatic heterocycles. The number of nitrogens with one attached hydrogen (secondary N) is 2. The minimum Gasteiger partial charge on any atom is -0.393 e. The van der Waals surface area contributed by atoms with Crippen LogP contribution in [0.4, 0.5) is 5.82 Å². The number of nitrogens with zero attached hydrogens (tertiary/aromatic N) is 3. The van der Waals surface area contributed by atoms with Crippen molar-refractivity contribution in [2.45, 2.75) is 31.4 Å². The van der Waals surface area contributed by atoms with Crippen LogP contribution in [0.1, 0.15) is 24.2 Å². The number of hydrogen-bond donors (Lipinski definition) is 4. The quantitative estimate of drug-likeness (QED) is 0.437. The Morgan fingerprint density at radius 1 is 1.24 bits per heavy atom. The highest BCUT2D eigenvalue weighted by atomic mass is 32.2. The Labute approximate surface area is 167 Å². The van der Waals surface area contributed by atoms with Crippen LogP contribution in [-0.4, -0.2) is 52.2 Å². The van der Waals surface area contributed by atoms with Crippen molar-refractivity contribution in [3.05, 3.63) is 48.0 Å². The Hall–Kier alpha value is -2.60. The molecule has 0 unspecified atom stereocenters. The number of benzene rings is 1. The fraction of sp³-hybridized carbons (Fsp3) is 0.389. The Morgan fingerprint density at radius 2 is 2.03 bits per heavy atom. The molecule has 29 heavy (non-hydrogen) atoms. The predicted octanol–water partition coefficient (Wildman–Crippen LogP) is 0.715. The fourth-order valence-corrected chi connectivity index (χ4v) is 3.99. The maximum atomic E-state index is 11.0. The molecule has 11 heteroatoms. The van der Waals surface area contributed by atoms with Crippen LogP contribution in [0.15, 0.2) is 36.7 Å². The lowest BCUT2D eigenvalue weighted by Crippen LogP contribution is -2.24. The van der Waals surface area contributed by atoms with Crippen molar-refractivity contribution in [3.63, 3.8) is 0 Å². The number of fused-ring (bicyclic) bond motifs is 1. The Balaban J connectivity index is 1.47. The number of aromatic amines is 1. The van der Waals surface area contributed by atoms with Gasteiger partial charge >= 0.3 is 10.3 Å². The molecule has 0 bridgehead atoms. The molecule has 3 atom stereocenters. The molecule has 1 aliphatic carbocycles. The van der Waals surface area contributed by atoms with E-state index in [1.165, 1.54) is 6.33 Å². The van der Waals surface area contributed by atoms with E-state index >= 15 is 0 Å². The number of rotatable bonds is 7. The molecule has 0 radical (unpaired) electrons. The average molecular weight is 418 g/mol. The summed E-state index contributed by atoms with van der Waals surface area (Å²) in [4.78, 5) is 16.4. The van der Waals surface area contributed by atoms with Crippen LogP contribution < -0.4 is 10.5 Å². The average Bonchev–Trinajstić information content (AvgIpc) is 3.23. The molecule has 0 saturated heterocycles. The van der Waals surface area contributed by atoms with Gasteiger partial charge in [0, 0.05) is 18.4 Å². The van der Waals surface area contributed by atoms with Gasteiger partial charge in [0.1, 0.15) is 12.2 Å². The Kier molecular flexibility index (Phi) is 5.46. The summed E-state index contributed by atoms with van der Waals surface area (Å²) in [5.74, 6) is 1.01. The van der Waals surface area contributed by atoms with Gasteiger partial charge in [-0.3, -0.25) is 4.18 Å². The van der Waals surface area contributed by atoms with E-state index in [2.05, 4.69) is 29.4 Å². The summed E-state index contributed by atoms with van der Waals surface area (Å²) < 4.78 is 26.6. The minimum absolute atomic E-state index is 0.105. The number of aliphatic hydroxyl groups is 1. The van der Waals surface area contributed by atoms with Crippen LogP contribution in [0.25, 0.3) is 11.2 Å². The summed E-state index contributed by atoms with van der Waals surface area (Å²) in [5.41, 5.74) is 2.38. The van der Waals surface area contributed by atoms with Gasteiger partial charge in [0.2, 0.25) is 0 Å². The highest BCUT2D eigenvalue weighted by Crippen LogP contribution is 2.30. The summed E-state index contributed by atoms with van der Waals surface area (Å²) >= 11 is 0. The third-order valence-electron chi connectivity index (χ3n) is 4.99. The second-order valence-electron chi connectivity index (χ2n) is 7.18. The first-order chi connectivity index (χ1) is 13.9.